The third-order valence-corrected chi connectivity index (χ3v) is 4.39. The number of nitrogens with one attached hydrogen (secondary N) is 1. The summed E-state index contributed by atoms with van der Waals surface area (Å²) in [6, 6.07) is 23.4. The van der Waals surface area contributed by atoms with Crippen molar-refractivity contribution in [2.45, 2.75) is 6.42 Å². The number of para-hydroxylation sites is 1. The van der Waals surface area contributed by atoms with Crippen LogP contribution in [-0.2, 0) is 6.42 Å². The minimum Gasteiger partial charge on any atom is -0.443 e. The maximum Gasteiger partial charge on any atom is 0.278 e. The van der Waals surface area contributed by atoms with Gasteiger partial charge in [0.15, 0.2) is 17.8 Å². The smallest absolute Gasteiger partial charge is 0.278 e. The lowest BCUT2D eigenvalue weighted by atomic mass is 10.0. The molecule has 0 atom stereocenters. The number of aromatic nitrogens is 1. The zero-order chi connectivity index (χ0) is 19.3. The van der Waals surface area contributed by atoms with E-state index in [1.165, 1.54) is 18.5 Å². The molecule has 0 aliphatic rings. The van der Waals surface area contributed by atoms with E-state index in [1.54, 1.807) is 12.1 Å². The molecule has 0 unspecified atom stereocenters. The summed E-state index contributed by atoms with van der Waals surface area (Å²) in [4.78, 5) is 16.9. The van der Waals surface area contributed by atoms with E-state index in [9.17, 15) is 9.18 Å². The molecule has 4 rings (SSSR count). The SMILES string of the molecule is O=C(Nc1ccccc1Cc1ccccc1)c1ncoc1-c1ccc(F)cc1. The first-order valence-electron chi connectivity index (χ1n) is 8.83. The molecule has 4 aromatic rings. The Morgan fingerprint density at radius 2 is 1.64 bits per heavy atom. The first kappa shape index (κ1) is 17.7. The zero-order valence-electron chi connectivity index (χ0n) is 14.9. The van der Waals surface area contributed by atoms with Gasteiger partial charge in [-0.15, -0.1) is 0 Å². The van der Waals surface area contributed by atoms with Crippen LogP contribution in [0.5, 0.6) is 0 Å². The normalized spacial score (nSPS) is 10.6. The van der Waals surface area contributed by atoms with Gasteiger partial charge in [-0.1, -0.05) is 48.5 Å². The molecule has 0 spiro atoms. The highest BCUT2D eigenvalue weighted by Crippen LogP contribution is 2.25. The van der Waals surface area contributed by atoms with Crippen molar-refractivity contribution in [3.8, 4) is 11.3 Å². The average molecular weight is 372 g/mol. The fraction of sp³-hybridized carbons (Fsp3) is 0.0435. The second-order valence-electron chi connectivity index (χ2n) is 6.31. The van der Waals surface area contributed by atoms with Crippen LogP contribution in [0.3, 0.4) is 0 Å². The van der Waals surface area contributed by atoms with Gasteiger partial charge < -0.3 is 9.73 Å². The molecule has 0 radical (unpaired) electrons. The maximum absolute atomic E-state index is 13.2. The maximum atomic E-state index is 13.2. The highest BCUT2D eigenvalue weighted by Gasteiger charge is 2.19. The molecule has 0 saturated heterocycles. The number of amides is 1. The summed E-state index contributed by atoms with van der Waals surface area (Å²) in [5.74, 6) is -0.435. The van der Waals surface area contributed by atoms with E-state index in [4.69, 9.17) is 4.42 Å². The zero-order valence-corrected chi connectivity index (χ0v) is 14.9. The highest BCUT2D eigenvalue weighted by molar-refractivity contribution is 6.06. The van der Waals surface area contributed by atoms with E-state index < -0.39 is 0 Å². The lowest BCUT2D eigenvalue weighted by Gasteiger charge is -2.11. The Morgan fingerprint density at radius 1 is 0.929 bits per heavy atom. The van der Waals surface area contributed by atoms with Gasteiger partial charge in [0.1, 0.15) is 5.82 Å². The molecule has 0 fully saturated rings. The van der Waals surface area contributed by atoms with Crippen LogP contribution >= 0.6 is 0 Å². The summed E-state index contributed by atoms with van der Waals surface area (Å²) >= 11 is 0. The number of halogens is 1. The van der Waals surface area contributed by atoms with Crippen molar-refractivity contribution in [2.24, 2.45) is 0 Å². The van der Waals surface area contributed by atoms with Crippen LogP contribution in [0.1, 0.15) is 21.6 Å². The molecule has 1 aromatic heterocycles. The van der Waals surface area contributed by atoms with E-state index in [0.29, 0.717) is 23.4 Å². The van der Waals surface area contributed by atoms with Crippen LogP contribution in [0.25, 0.3) is 11.3 Å². The first-order valence-corrected chi connectivity index (χ1v) is 8.83. The standard InChI is InChI=1S/C23H17FN2O2/c24-19-12-10-17(11-13-19)22-21(25-15-28-22)23(27)26-20-9-5-4-8-18(20)14-16-6-2-1-3-7-16/h1-13,15H,14H2,(H,26,27). The fourth-order valence-electron chi connectivity index (χ4n) is 3.01. The van der Waals surface area contributed by atoms with Crippen LogP contribution < -0.4 is 5.32 Å². The quantitative estimate of drug-likeness (QED) is 0.516. The van der Waals surface area contributed by atoms with Crippen molar-refractivity contribution < 1.29 is 13.6 Å². The number of nitrogens with zero attached hydrogens (tertiary/aromatic N) is 1. The highest BCUT2D eigenvalue weighted by atomic mass is 19.1. The molecule has 0 saturated carbocycles. The van der Waals surface area contributed by atoms with Gasteiger partial charge in [-0.05, 0) is 47.9 Å². The van der Waals surface area contributed by atoms with Crippen molar-refractivity contribution in [3.05, 3.63) is 108 Å². The average Bonchev–Trinajstić information content (AvgIpc) is 3.21. The summed E-state index contributed by atoms with van der Waals surface area (Å²) in [7, 11) is 0. The Balaban J connectivity index is 1.59. The molecule has 0 aliphatic carbocycles. The van der Waals surface area contributed by atoms with E-state index in [2.05, 4.69) is 10.3 Å². The Bertz CT molecular complexity index is 1090. The molecular formula is C23H17FN2O2. The van der Waals surface area contributed by atoms with Gasteiger partial charge >= 0.3 is 0 Å². The number of carbonyl (C=O) groups is 1. The fourth-order valence-corrected chi connectivity index (χ4v) is 3.01. The third-order valence-electron chi connectivity index (χ3n) is 4.39. The van der Waals surface area contributed by atoms with Crippen molar-refractivity contribution >= 4 is 11.6 Å². The molecule has 5 heteroatoms. The predicted octanol–water partition coefficient (Wildman–Crippen LogP) is 5.32. The molecule has 138 valence electrons. The van der Waals surface area contributed by atoms with Gasteiger partial charge in [-0.2, -0.15) is 0 Å². The lowest BCUT2D eigenvalue weighted by molar-refractivity contribution is 0.102. The molecule has 0 aliphatic heterocycles. The second-order valence-corrected chi connectivity index (χ2v) is 6.31. The van der Waals surface area contributed by atoms with Crippen molar-refractivity contribution in [3.63, 3.8) is 0 Å². The van der Waals surface area contributed by atoms with Gasteiger partial charge in [0, 0.05) is 11.3 Å². The molecule has 1 heterocycles. The van der Waals surface area contributed by atoms with Crippen LogP contribution in [0, 0.1) is 5.82 Å². The van der Waals surface area contributed by atoms with Gasteiger partial charge in [0.05, 0.1) is 0 Å². The largest absolute Gasteiger partial charge is 0.443 e. The predicted molar refractivity (Wildman–Crippen MR) is 106 cm³/mol. The third kappa shape index (κ3) is 3.83. The second kappa shape index (κ2) is 7.88. The molecule has 28 heavy (non-hydrogen) atoms. The minimum absolute atomic E-state index is 0.154. The summed E-state index contributed by atoms with van der Waals surface area (Å²) < 4.78 is 18.6. The number of anilines is 1. The van der Waals surface area contributed by atoms with Gasteiger partial charge in [-0.3, -0.25) is 4.79 Å². The number of oxazole rings is 1. The van der Waals surface area contributed by atoms with Gasteiger partial charge in [0.2, 0.25) is 0 Å². The minimum atomic E-state index is -0.381. The summed E-state index contributed by atoms with van der Waals surface area (Å²) in [6.07, 6.45) is 1.91. The van der Waals surface area contributed by atoms with Gasteiger partial charge in [0.25, 0.3) is 5.91 Å². The monoisotopic (exact) mass is 372 g/mol. The van der Waals surface area contributed by atoms with E-state index in [1.807, 2.05) is 54.6 Å². The lowest BCUT2D eigenvalue weighted by Crippen LogP contribution is -2.14. The molecule has 3 aromatic carbocycles. The summed E-state index contributed by atoms with van der Waals surface area (Å²) in [6.45, 7) is 0. The van der Waals surface area contributed by atoms with E-state index >= 15 is 0 Å². The Hall–Kier alpha value is -3.73. The molecule has 1 amide bonds. The number of hydrogen-bond acceptors (Lipinski definition) is 3. The molecule has 0 bridgehead atoms. The number of carbonyl (C=O) groups excluding carboxylic acids is 1. The summed E-state index contributed by atoms with van der Waals surface area (Å²) in [5.41, 5.74) is 3.60. The van der Waals surface area contributed by atoms with E-state index in [-0.39, 0.29) is 17.4 Å². The molecular weight excluding hydrogens is 355 g/mol. The van der Waals surface area contributed by atoms with Crippen molar-refractivity contribution in [1.29, 1.82) is 0 Å². The van der Waals surface area contributed by atoms with Crippen LogP contribution in [-0.4, -0.2) is 10.9 Å². The Labute approximate surface area is 161 Å². The Kier molecular flexibility index (Phi) is 4.97. The number of rotatable bonds is 5. The summed E-state index contributed by atoms with van der Waals surface area (Å²) in [5, 5.41) is 2.92. The van der Waals surface area contributed by atoms with Crippen LogP contribution in [0.2, 0.25) is 0 Å². The van der Waals surface area contributed by atoms with Crippen LogP contribution in [0.4, 0.5) is 10.1 Å². The van der Waals surface area contributed by atoms with Crippen LogP contribution in [0.15, 0.2) is 89.7 Å². The van der Waals surface area contributed by atoms with Gasteiger partial charge in [-0.25, -0.2) is 9.37 Å². The number of benzene rings is 3. The van der Waals surface area contributed by atoms with Crippen molar-refractivity contribution in [1.82, 2.24) is 4.98 Å². The topological polar surface area (TPSA) is 55.1 Å². The number of hydrogen-bond donors (Lipinski definition) is 1. The molecule has 1 N–H and O–H groups in total. The molecule has 4 nitrogen and oxygen atoms in total. The first-order chi connectivity index (χ1) is 13.7. The Morgan fingerprint density at radius 3 is 2.43 bits per heavy atom. The van der Waals surface area contributed by atoms with E-state index in [0.717, 1.165) is 11.1 Å². The van der Waals surface area contributed by atoms with Crippen molar-refractivity contribution in [2.75, 3.05) is 5.32 Å².